The lowest BCUT2D eigenvalue weighted by molar-refractivity contribution is 0.143. The summed E-state index contributed by atoms with van der Waals surface area (Å²) in [6, 6.07) is 17.0. The van der Waals surface area contributed by atoms with Crippen LogP contribution in [0.5, 0.6) is 5.75 Å². The first kappa shape index (κ1) is 14.2. The Morgan fingerprint density at radius 1 is 1.19 bits per heavy atom. The smallest absolute Gasteiger partial charge is 0.124 e. The molecule has 2 heteroatoms. The fourth-order valence-corrected chi connectivity index (χ4v) is 3.16. The molecule has 0 spiro atoms. The third-order valence-corrected chi connectivity index (χ3v) is 4.36. The van der Waals surface area contributed by atoms with E-state index in [0.29, 0.717) is 5.92 Å². The van der Waals surface area contributed by atoms with Gasteiger partial charge in [-0.15, -0.1) is 0 Å². The Labute approximate surface area is 126 Å². The molecule has 3 rings (SSSR count). The number of fused-ring (bicyclic) bond motifs is 1. The van der Waals surface area contributed by atoms with Gasteiger partial charge in [0.05, 0.1) is 0 Å². The number of ether oxygens (including phenoxy) is 1. The van der Waals surface area contributed by atoms with E-state index < -0.39 is 0 Å². The van der Waals surface area contributed by atoms with Gasteiger partial charge in [0.25, 0.3) is 0 Å². The molecule has 0 saturated heterocycles. The van der Waals surface area contributed by atoms with Crippen molar-refractivity contribution in [3.63, 3.8) is 0 Å². The van der Waals surface area contributed by atoms with Crippen molar-refractivity contribution in [1.29, 1.82) is 0 Å². The molecule has 1 heterocycles. The summed E-state index contributed by atoms with van der Waals surface area (Å²) in [5.74, 6) is 1.44. The fraction of sp³-hybridized carbons (Fsp3) is 0.368. The molecule has 0 aromatic heterocycles. The van der Waals surface area contributed by atoms with E-state index in [1.165, 1.54) is 11.1 Å². The highest BCUT2D eigenvalue weighted by Gasteiger charge is 2.27. The quantitative estimate of drug-likeness (QED) is 0.908. The molecule has 2 N–H and O–H groups in total. The largest absolute Gasteiger partial charge is 0.490 e. The van der Waals surface area contributed by atoms with Gasteiger partial charge in [-0.1, -0.05) is 55.0 Å². The zero-order valence-electron chi connectivity index (χ0n) is 12.8. The Balaban J connectivity index is 1.73. The maximum atomic E-state index is 6.34. The first-order valence-electron chi connectivity index (χ1n) is 7.71. The average Bonchev–Trinajstić information content (AvgIpc) is 2.49. The normalized spacial score (nSPS) is 22.2. The van der Waals surface area contributed by atoms with Gasteiger partial charge in [0.2, 0.25) is 0 Å². The molecular weight excluding hydrogens is 258 g/mol. The number of hydrogen-bond donors (Lipinski definition) is 1. The maximum Gasteiger partial charge on any atom is 0.124 e. The van der Waals surface area contributed by atoms with Crippen molar-refractivity contribution in [1.82, 2.24) is 0 Å². The zero-order chi connectivity index (χ0) is 14.8. The van der Waals surface area contributed by atoms with Crippen molar-refractivity contribution >= 4 is 0 Å². The van der Waals surface area contributed by atoms with Crippen LogP contribution in [0.4, 0.5) is 0 Å². The lowest BCUT2D eigenvalue weighted by Crippen LogP contribution is -2.30. The summed E-state index contributed by atoms with van der Waals surface area (Å²) >= 11 is 0. The van der Waals surface area contributed by atoms with Crippen LogP contribution in [0.1, 0.15) is 48.4 Å². The Bertz CT molecular complexity index is 608. The predicted octanol–water partition coefficient (Wildman–Crippen LogP) is 4.34. The van der Waals surface area contributed by atoms with Crippen LogP contribution in [-0.2, 0) is 0 Å². The molecular formula is C19H23NO. The average molecular weight is 281 g/mol. The summed E-state index contributed by atoms with van der Waals surface area (Å²) in [4.78, 5) is 0. The SMILES string of the molecule is Cc1ccc2c(c1)[C@@H](N)CC(CC(C)c1ccccc1)O2. The van der Waals surface area contributed by atoms with Crippen molar-refractivity contribution in [3.8, 4) is 5.75 Å². The Kier molecular flexibility index (Phi) is 3.98. The van der Waals surface area contributed by atoms with Crippen LogP contribution >= 0.6 is 0 Å². The minimum absolute atomic E-state index is 0.0848. The molecule has 21 heavy (non-hydrogen) atoms. The number of benzene rings is 2. The van der Waals surface area contributed by atoms with Gasteiger partial charge in [0, 0.05) is 18.0 Å². The summed E-state index contributed by atoms with van der Waals surface area (Å²) in [6.07, 6.45) is 2.10. The number of rotatable bonds is 3. The van der Waals surface area contributed by atoms with E-state index in [0.717, 1.165) is 24.2 Å². The van der Waals surface area contributed by atoms with Crippen LogP contribution in [0, 0.1) is 6.92 Å². The molecule has 0 amide bonds. The minimum Gasteiger partial charge on any atom is -0.490 e. The van der Waals surface area contributed by atoms with E-state index in [1.54, 1.807) is 0 Å². The highest BCUT2D eigenvalue weighted by atomic mass is 16.5. The molecule has 0 fully saturated rings. The van der Waals surface area contributed by atoms with Gasteiger partial charge in [-0.2, -0.15) is 0 Å². The standard InChI is InChI=1S/C19H23NO/c1-13-8-9-19-17(10-13)18(20)12-16(21-19)11-14(2)15-6-4-3-5-7-15/h3-10,14,16,18H,11-12,20H2,1-2H3/t14?,16?,18-/m0/s1. The van der Waals surface area contributed by atoms with E-state index in [9.17, 15) is 0 Å². The monoisotopic (exact) mass is 281 g/mol. The molecule has 0 aliphatic carbocycles. The van der Waals surface area contributed by atoms with E-state index in [-0.39, 0.29) is 12.1 Å². The minimum atomic E-state index is 0.0848. The zero-order valence-corrected chi connectivity index (χ0v) is 12.8. The Hall–Kier alpha value is -1.80. The highest BCUT2D eigenvalue weighted by molar-refractivity contribution is 5.40. The second-order valence-corrected chi connectivity index (χ2v) is 6.17. The highest BCUT2D eigenvalue weighted by Crippen LogP contribution is 2.36. The van der Waals surface area contributed by atoms with Gasteiger partial charge >= 0.3 is 0 Å². The third-order valence-electron chi connectivity index (χ3n) is 4.36. The molecule has 0 saturated carbocycles. The molecule has 2 aromatic rings. The van der Waals surface area contributed by atoms with Crippen molar-refractivity contribution in [2.24, 2.45) is 5.73 Å². The van der Waals surface area contributed by atoms with Crippen LogP contribution in [0.25, 0.3) is 0 Å². The van der Waals surface area contributed by atoms with Crippen LogP contribution in [0.15, 0.2) is 48.5 Å². The number of nitrogens with two attached hydrogens (primary N) is 1. The van der Waals surface area contributed by atoms with Crippen molar-refractivity contribution in [2.75, 3.05) is 0 Å². The molecule has 2 aromatic carbocycles. The molecule has 1 aliphatic rings. The van der Waals surface area contributed by atoms with Gasteiger partial charge < -0.3 is 10.5 Å². The fourth-order valence-electron chi connectivity index (χ4n) is 3.16. The van der Waals surface area contributed by atoms with Gasteiger partial charge in [-0.3, -0.25) is 0 Å². The Morgan fingerprint density at radius 3 is 2.71 bits per heavy atom. The molecule has 2 unspecified atom stereocenters. The van der Waals surface area contributed by atoms with E-state index in [2.05, 4.69) is 62.4 Å². The van der Waals surface area contributed by atoms with Gasteiger partial charge in [-0.05, 0) is 30.9 Å². The summed E-state index contributed by atoms with van der Waals surface area (Å²) in [7, 11) is 0. The van der Waals surface area contributed by atoms with Crippen LogP contribution in [-0.4, -0.2) is 6.10 Å². The molecule has 3 atom stereocenters. The van der Waals surface area contributed by atoms with E-state index >= 15 is 0 Å². The lowest BCUT2D eigenvalue weighted by atomic mass is 9.89. The second kappa shape index (κ2) is 5.90. The second-order valence-electron chi connectivity index (χ2n) is 6.17. The molecule has 110 valence electrons. The molecule has 1 aliphatic heterocycles. The lowest BCUT2D eigenvalue weighted by Gasteiger charge is -2.32. The van der Waals surface area contributed by atoms with Gasteiger partial charge in [-0.25, -0.2) is 0 Å². The maximum absolute atomic E-state index is 6.34. The van der Waals surface area contributed by atoms with Crippen molar-refractivity contribution in [3.05, 3.63) is 65.2 Å². The third kappa shape index (κ3) is 3.11. The van der Waals surface area contributed by atoms with Crippen LogP contribution < -0.4 is 10.5 Å². The van der Waals surface area contributed by atoms with Crippen molar-refractivity contribution < 1.29 is 4.74 Å². The first-order valence-corrected chi connectivity index (χ1v) is 7.71. The van der Waals surface area contributed by atoms with E-state index in [4.69, 9.17) is 10.5 Å². The first-order chi connectivity index (χ1) is 10.1. The van der Waals surface area contributed by atoms with Crippen molar-refractivity contribution in [2.45, 2.75) is 44.8 Å². The molecule has 0 bridgehead atoms. The summed E-state index contributed by atoms with van der Waals surface area (Å²) in [5.41, 5.74) is 10.1. The van der Waals surface area contributed by atoms with Gasteiger partial charge in [0.1, 0.15) is 11.9 Å². The Morgan fingerprint density at radius 2 is 1.95 bits per heavy atom. The number of hydrogen-bond acceptors (Lipinski definition) is 2. The molecule has 0 radical (unpaired) electrons. The topological polar surface area (TPSA) is 35.2 Å². The predicted molar refractivity (Wildman–Crippen MR) is 86.6 cm³/mol. The summed E-state index contributed by atoms with van der Waals surface area (Å²) in [6.45, 7) is 4.35. The summed E-state index contributed by atoms with van der Waals surface area (Å²) in [5, 5.41) is 0. The molecule has 2 nitrogen and oxygen atoms in total. The number of aryl methyl sites for hydroxylation is 1. The summed E-state index contributed by atoms with van der Waals surface area (Å²) < 4.78 is 6.17. The van der Waals surface area contributed by atoms with Gasteiger partial charge in [0.15, 0.2) is 0 Å². The van der Waals surface area contributed by atoms with Crippen LogP contribution in [0.3, 0.4) is 0 Å². The van der Waals surface area contributed by atoms with Crippen LogP contribution in [0.2, 0.25) is 0 Å². The van der Waals surface area contributed by atoms with E-state index in [1.807, 2.05) is 0 Å².